The Kier molecular flexibility index (Phi) is 5.41. The molecule has 0 bridgehead atoms. The first-order valence-corrected chi connectivity index (χ1v) is 9.65. The SMILES string of the molecule is Cn1nccc(CN2CCN(c3ccc4c(=O)n(CCO)cnc4c3)CC2)c1=O. The molecule has 4 rings (SSSR count). The van der Waals surface area contributed by atoms with Crippen LogP contribution >= 0.6 is 0 Å². The molecule has 152 valence electrons. The van der Waals surface area contributed by atoms with E-state index < -0.39 is 0 Å². The van der Waals surface area contributed by atoms with Crippen molar-refractivity contribution in [3.05, 3.63) is 63.1 Å². The van der Waals surface area contributed by atoms with Crippen LogP contribution in [0.4, 0.5) is 5.69 Å². The summed E-state index contributed by atoms with van der Waals surface area (Å²) in [6, 6.07) is 7.48. The van der Waals surface area contributed by atoms with Crippen molar-refractivity contribution in [1.29, 1.82) is 0 Å². The van der Waals surface area contributed by atoms with Gasteiger partial charge in [0.1, 0.15) is 0 Å². The van der Waals surface area contributed by atoms with Gasteiger partial charge in [0, 0.05) is 57.2 Å². The number of hydrogen-bond acceptors (Lipinski definition) is 7. The summed E-state index contributed by atoms with van der Waals surface area (Å²) in [7, 11) is 1.66. The third kappa shape index (κ3) is 3.92. The molecule has 1 N–H and O–H groups in total. The molecule has 1 fully saturated rings. The monoisotopic (exact) mass is 396 g/mol. The Bertz CT molecular complexity index is 1130. The summed E-state index contributed by atoms with van der Waals surface area (Å²) in [6.45, 7) is 4.11. The van der Waals surface area contributed by atoms with E-state index >= 15 is 0 Å². The molecule has 1 aliphatic rings. The molecule has 2 aromatic heterocycles. The molecule has 0 atom stereocenters. The second kappa shape index (κ2) is 8.14. The van der Waals surface area contributed by atoms with Crippen molar-refractivity contribution in [1.82, 2.24) is 24.2 Å². The van der Waals surface area contributed by atoms with E-state index in [4.69, 9.17) is 5.11 Å². The summed E-state index contributed by atoms with van der Waals surface area (Å²) in [5.41, 5.74) is 2.25. The molecule has 0 saturated carbocycles. The van der Waals surface area contributed by atoms with Gasteiger partial charge in [-0.1, -0.05) is 0 Å². The average Bonchev–Trinajstić information content (AvgIpc) is 2.74. The quantitative estimate of drug-likeness (QED) is 0.638. The molecule has 0 unspecified atom stereocenters. The van der Waals surface area contributed by atoms with Crippen LogP contribution in [-0.2, 0) is 20.1 Å². The van der Waals surface area contributed by atoms with Crippen LogP contribution in [0.3, 0.4) is 0 Å². The van der Waals surface area contributed by atoms with E-state index in [0.29, 0.717) is 17.4 Å². The number of aryl methyl sites for hydroxylation is 1. The number of aliphatic hydroxyl groups is 1. The minimum Gasteiger partial charge on any atom is -0.395 e. The van der Waals surface area contributed by atoms with E-state index in [1.165, 1.54) is 15.6 Å². The third-order valence-corrected chi connectivity index (χ3v) is 5.37. The van der Waals surface area contributed by atoms with E-state index in [1.807, 2.05) is 12.1 Å². The Morgan fingerprint density at radius 2 is 1.86 bits per heavy atom. The van der Waals surface area contributed by atoms with Crippen LogP contribution in [-0.4, -0.2) is 62.1 Å². The normalized spacial score (nSPS) is 15.2. The molecule has 0 spiro atoms. The van der Waals surface area contributed by atoms with Crippen LogP contribution in [0.25, 0.3) is 10.9 Å². The Balaban J connectivity index is 1.46. The van der Waals surface area contributed by atoms with Crippen LogP contribution in [0.1, 0.15) is 5.56 Å². The summed E-state index contributed by atoms with van der Waals surface area (Å²) in [6.07, 6.45) is 3.14. The second-order valence-corrected chi connectivity index (χ2v) is 7.22. The molecule has 0 radical (unpaired) electrons. The lowest BCUT2D eigenvalue weighted by molar-refractivity contribution is 0.248. The molecule has 0 aliphatic carbocycles. The van der Waals surface area contributed by atoms with E-state index in [1.54, 1.807) is 25.4 Å². The van der Waals surface area contributed by atoms with Crippen molar-refractivity contribution in [3.63, 3.8) is 0 Å². The van der Waals surface area contributed by atoms with Gasteiger partial charge >= 0.3 is 0 Å². The van der Waals surface area contributed by atoms with Gasteiger partial charge in [0.05, 0.1) is 30.4 Å². The van der Waals surface area contributed by atoms with Crippen molar-refractivity contribution >= 4 is 16.6 Å². The zero-order valence-electron chi connectivity index (χ0n) is 16.4. The maximum Gasteiger partial charge on any atom is 0.270 e. The zero-order chi connectivity index (χ0) is 20.4. The molecule has 9 nitrogen and oxygen atoms in total. The number of rotatable bonds is 5. The maximum absolute atomic E-state index is 12.4. The molecule has 29 heavy (non-hydrogen) atoms. The third-order valence-electron chi connectivity index (χ3n) is 5.37. The van der Waals surface area contributed by atoms with Gasteiger partial charge in [-0.25, -0.2) is 9.67 Å². The predicted octanol–water partition coefficient (Wildman–Crippen LogP) is -0.195. The Morgan fingerprint density at radius 3 is 2.62 bits per heavy atom. The maximum atomic E-state index is 12.4. The van der Waals surface area contributed by atoms with Gasteiger partial charge in [0.2, 0.25) is 0 Å². The fourth-order valence-corrected chi connectivity index (χ4v) is 3.69. The minimum atomic E-state index is -0.139. The van der Waals surface area contributed by atoms with Gasteiger partial charge in [-0.3, -0.25) is 19.1 Å². The number of piperazine rings is 1. The van der Waals surface area contributed by atoms with Gasteiger partial charge in [0.25, 0.3) is 11.1 Å². The van der Waals surface area contributed by atoms with Gasteiger partial charge < -0.3 is 10.0 Å². The zero-order valence-corrected chi connectivity index (χ0v) is 16.4. The predicted molar refractivity (Wildman–Crippen MR) is 110 cm³/mol. The molecule has 1 saturated heterocycles. The molecule has 0 amide bonds. The first kappa shape index (κ1) is 19.3. The van der Waals surface area contributed by atoms with Crippen LogP contribution < -0.4 is 16.0 Å². The molecule has 3 aromatic rings. The molecule has 1 aromatic carbocycles. The second-order valence-electron chi connectivity index (χ2n) is 7.22. The average molecular weight is 396 g/mol. The Morgan fingerprint density at radius 1 is 1.07 bits per heavy atom. The number of aliphatic hydroxyl groups excluding tert-OH is 1. The molecular weight excluding hydrogens is 372 g/mol. The minimum absolute atomic E-state index is 0.0533. The Labute approximate surface area is 167 Å². The Hall–Kier alpha value is -3.04. The fraction of sp³-hybridized carbons (Fsp3) is 0.400. The first-order chi connectivity index (χ1) is 14.1. The lowest BCUT2D eigenvalue weighted by Crippen LogP contribution is -2.46. The summed E-state index contributed by atoms with van der Waals surface area (Å²) in [5.74, 6) is 0. The lowest BCUT2D eigenvalue weighted by atomic mass is 10.2. The van der Waals surface area contributed by atoms with Crippen molar-refractivity contribution < 1.29 is 5.11 Å². The van der Waals surface area contributed by atoms with E-state index in [9.17, 15) is 9.59 Å². The highest BCUT2D eigenvalue weighted by molar-refractivity contribution is 5.81. The topological polar surface area (TPSA) is 96.5 Å². The van der Waals surface area contributed by atoms with Gasteiger partial charge in [-0.2, -0.15) is 5.10 Å². The van der Waals surface area contributed by atoms with Gasteiger partial charge in [0.15, 0.2) is 0 Å². The first-order valence-electron chi connectivity index (χ1n) is 9.65. The van der Waals surface area contributed by atoms with Crippen molar-refractivity contribution in [3.8, 4) is 0 Å². The molecular formula is C20H24N6O3. The van der Waals surface area contributed by atoms with E-state index in [-0.39, 0.29) is 24.3 Å². The summed E-state index contributed by atoms with van der Waals surface area (Å²) in [4.78, 5) is 33.5. The highest BCUT2D eigenvalue weighted by atomic mass is 16.3. The summed E-state index contributed by atoms with van der Waals surface area (Å²) >= 11 is 0. The van der Waals surface area contributed by atoms with E-state index in [2.05, 4.69) is 19.9 Å². The number of fused-ring (bicyclic) bond motifs is 1. The standard InChI is InChI=1S/C20H24N6O3/c1-23-19(28)15(4-5-22-23)13-24-6-8-25(9-7-24)16-2-3-17-18(12-16)21-14-26(10-11-27)20(17)29/h2-5,12,14,27H,6-11,13H2,1H3. The molecule has 9 heteroatoms. The smallest absolute Gasteiger partial charge is 0.270 e. The summed E-state index contributed by atoms with van der Waals surface area (Å²) in [5, 5.41) is 13.6. The van der Waals surface area contributed by atoms with Gasteiger partial charge in [-0.15, -0.1) is 0 Å². The molecule has 1 aliphatic heterocycles. The molecule has 3 heterocycles. The summed E-state index contributed by atoms with van der Waals surface area (Å²) < 4.78 is 2.78. The highest BCUT2D eigenvalue weighted by Crippen LogP contribution is 2.20. The lowest BCUT2D eigenvalue weighted by Gasteiger charge is -2.36. The van der Waals surface area contributed by atoms with Crippen LogP contribution in [0.5, 0.6) is 0 Å². The number of anilines is 1. The van der Waals surface area contributed by atoms with Crippen LogP contribution in [0.15, 0.2) is 46.4 Å². The van der Waals surface area contributed by atoms with Gasteiger partial charge in [-0.05, 0) is 24.3 Å². The fourth-order valence-electron chi connectivity index (χ4n) is 3.69. The van der Waals surface area contributed by atoms with Crippen LogP contribution in [0.2, 0.25) is 0 Å². The van der Waals surface area contributed by atoms with Crippen molar-refractivity contribution in [2.75, 3.05) is 37.7 Å². The van der Waals surface area contributed by atoms with E-state index in [0.717, 1.165) is 37.4 Å². The number of benzene rings is 1. The highest BCUT2D eigenvalue weighted by Gasteiger charge is 2.19. The largest absolute Gasteiger partial charge is 0.395 e. The van der Waals surface area contributed by atoms with Crippen molar-refractivity contribution in [2.24, 2.45) is 7.05 Å². The van der Waals surface area contributed by atoms with Crippen LogP contribution in [0, 0.1) is 0 Å². The number of nitrogens with zero attached hydrogens (tertiary/aromatic N) is 6. The number of hydrogen-bond donors (Lipinski definition) is 1. The number of aromatic nitrogens is 4. The van der Waals surface area contributed by atoms with Crippen molar-refractivity contribution in [2.45, 2.75) is 13.1 Å².